The zero-order valence-electron chi connectivity index (χ0n) is 27.0. The first-order valence-electron chi connectivity index (χ1n) is 16.4. The minimum absolute atomic E-state index is 0.0186. The summed E-state index contributed by atoms with van der Waals surface area (Å²) in [4.78, 5) is 30.0. The third-order valence-corrected chi connectivity index (χ3v) is 10.4. The Balaban J connectivity index is 1.07. The van der Waals surface area contributed by atoms with E-state index in [9.17, 15) is 9.59 Å². The van der Waals surface area contributed by atoms with Gasteiger partial charge in [0.15, 0.2) is 5.82 Å². The first-order valence-corrected chi connectivity index (χ1v) is 17.1. The van der Waals surface area contributed by atoms with Crippen LogP contribution in [0.4, 0.5) is 15.8 Å². The molecule has 0 aliphatic carbocycles. The van der Waals surface area contributed by atoms with Gasteiger partial charge in [0, 0.05) is 97.6 Å². The highest BCUT2D eigenvalue weighted by Gasteiger charge is 2.47. The van der Waals surface area contributed by atoms with E-state index in [2.05, 4.69) is 31.2 Å². The van der Waals surface area contributed by atoms with Gasteiger partial charge in [-0.1, -0.05) is 59.6 Å². The zero-order chi connectivity index (χ0) is 34.1. The number of benzene rings is 3. The molecule has 3 aliphatic rings. The summed E-state index contributed by atoms with van der Waals surface area (Å²) in [6.45, 7) is 3.94. The number of halogens is 3. The van der Waals surface area contributed by atoms with Crippen molar-refractivity contribution in [2.45, 2.75) is 38.4 Å². The predicted octanol–water partition coefficient (Wildman–Crippen LogP) is 6.30. The maximum Gasteiger partial charge on any atom is 0.220 e. The number of rotatable bonds is 11. The van der Waals surface area contributed by atoms with Gasteiger partial charge in [0.25, 0.3) is 0 Å². The second kappa shape index (κ2) is 14.0. The van der Waals surface area contributed by atoms with Crippen LogP contribution < -0.4 is 26.0 Å². The van der Waals surface area contributed by atoms with E-state index in [4.69, 9.17) is 27.9 Å². The second-order valence-electron chi connectivity index (χ2n) is 13.2. The van der Waals surface area contributed by atoms with Gasteiger partial charge in [0.2, 0.25) is 11.8 Å². The van der Waals surface area contributed by atoms with Gasteiger partial charge in [0.05, 0.1) is 34.2 Å². The Kier molecular flexibility index (Phi) is 9.48. The maximum atomic E-state index is 15.8. The third-order valence-electron chi connectivity index (χ3n) is 9.59. The summed E-state index contributed by atoms with van der Waals surface area (Å²) in [5, 5.41) is 13.3. The van der Waals surface area contributed by atoms with E-state index < -0.39 is 0 Å². The molecule has 3 fully saturated rings. The van der Waals surface area contributed by atoms with Crippen LogP contribution in [0.1, 0.15) is 30.4 Å². The summed E-state index contributed by atoms with van der Waals surface area (Å²) in [5.74, 6) is 0.537. The first kappa shape index (κ1) is 33.3. The fraction of sp³-hybridized carbons (Fsp3) is 0.324. The monoisotopic (exact) mass is 702 g/mol. The first-order chi connectivity index (χ1) is 23.7. The lowest BCUT2D eigenvalue weighted by molar-refractivity contribution is -0.121. The van der Waals surface area contributed by atoms with Crippen LogP contribution in [0.2, 0.25) is 10.0 Å². The number of ether oxygens (including phenoxy) is 1. The molecule has 4 aromatic rings. The van der Waals surface area contributed by atoms with Gasteiger partial charge in [-0.15, -0.1) is 0 Å². The van der Waals surface area contributed by atoms with Crippen LogP contribution in [-0.4, -0.2) is 61.0 Å². The average molecular weight is 704 g/mol. The van der Waals surface area contributed by atoms with Crippen LogP contribution >= 0.6 is 23.2 Å². The number of hydrogen-bond donors (Lipinski definition) is 4. The lowest BCUT2D eigenvalue weighted by atomic mass is 9.79. The molecule has 9 nitrogen and oxygen atoms in total. The maximum absolute atomic E-state index is 15.8. The molecule has 1 unspecified atom stereocenters. The molecule has 2 amide bonds. The predicted molar refractivity (Wildman–Crippen MR) is 190 cm³/mol. The molecule has 1 spiro atoms. The fourth-order valence-corrected chi connectivity index (χ4v) is 7.71. The number of likely N-dealkylation sites (tertiary alicyclic amines) is 1. The van der Waals surface area contributed by atoms with Gasteiger partial charge in [-0.2, -0.15) is 0 Å². The SMILES string of the molecule is COc1cc(-c2nccc(-c3cccc(Nc4cccc(CN5CC6(CNC(=O)C6)C5)c4F)c3Cl)c2Cl)ccc1CNCC1CCC(=O)N1. The van der Waals surface area contributed by atoms with Crippen LogP contribution in [0.5, 0.6) is 5.75 Å². The second-order valence-corrected chi connectivity index (χ2v) is 13.9. The molecule has 3 saturated heterocycles. The number of nitrogens with one attached hydrogen (secondary N) is 4. The number of pyridine rings is 1. The molecule has 3 aliphatic heterocycles. The molecule has 1 aromatic heterocycles. The Labute approximate surface area is 294 Å². The van der Waals surface area contributed by atoms with Crippen molar-refractivity contribution in [3.05, 3.63) is 93.8 Å². The summed E-state index contributed by atoms with van der Waals surface area (Å²) < 4.78 is 21.5. The Morgan fingerprint density at radius 3 is 2.55 bits per heavy atom. The molecule has 4 heterocycles. The number of methoxy groups -OCH3 is 1. The molecule has 12 heteroatoms. The molecule has 0 saturated carbocycles. The Morgan fingerprint density at radius 2 is 1.80 bits per heavy atom. The number of amides is 2. The van der Waals surface area contributed by atoms with E-state index >= 15 is 4.39 Å². The van der Waals surface area contributed by atoms with E-state index in [1.165, 1.54) is 0 Å². The van der Waals surface area contributed by atoms with Crippen LogP contribution in [-0.2, 0) is 22.7 Å². The highest BCUT2D eigenvalue weighted by Crippen LogP contribution is 2.42. The van der Waals surface area contributed by atoms with Crippen molar-refractivity contribution in [1.29, 1.82) is 0 Å². The van der Waals surface area contributed by atoms with Gasteiger partial charge in [-0.3, -0.25) is 19.5 Å². The summed E-state index contributed by atoms with van der Waals surface area (Å²) in [5.41, 5.74) is 5.10. The molecule has 4 N–H and O–H groups in total. The van der Waals surface area contributed by atoms with E-state index in [1.54, 1.807) is 31.5 Å². The number of anilines is 2. The Hall–Kier alpha value is -4.22. The van der Waals surface area contributed by atoms with Gasteiger partial charge in [0.1, 0.15) is 5.75 Å². The fourth-order valence-electron chi connectivity index (χ4n) is 7.11. The normalized spacial score (nSPS) is 18.3. The molecular formula is C37H37Cl2FN6O3. The van der Waals surface area contributed by atoms with E-state index in [0.717, 1.165) is 30.6 Å². The lowest BCUT2D eigenvalue weighted by Gasteiger charge is -2.47. The van der Waals surface area contributed by atoms with Gasteiger partial charge < -0.3 is 26.0 Å². The van der Waals surface area contributed by atoms with Gasteiger partial charge in [-0.25, -0.2) is 4.39 Å². The standard InChI is InChI=1S/C37H37Cl2FN6O3/c1-49-30-14-22(8-9-23(30)16-41-17-25-10-11-31(47)44-25)36-34(39)27(12-13-42-36)26-5-3-6-28(33(26)38)45-29-7-2-4-24(35(29)40)18-46-20-37(21-46)15-32(48)43-19-37/h2-9,12-14,25,41,45H,10-11,15-21H2,1H3,(H,43,48)(H,44,47). The smallest absolute Gasteiger partial charge is 0.220 e. The van der Waals surface area contributed by atoms with Crippen LogP contribution in [0, 0.1) is 11.2 Å². The number of carbonyl (C=O) groups is 2. The van der Waals surface area contributed by atoms with Crippen molar-refractivity contribution in [2.75, 3.05) is 38.6 Å². The molecule has 0 radical (unpaired) electrons. The van der Waals surface area contributed by atoms with Crippen LogP contribution in [0.3, 0.4) is 0 Å². The lowest BCUT2D eigenvalue weighted by Crippen LogP contribution is -2.56. The van der Waals surface area contributed by atoms with Crippen molar-refractivity contribution in [3.8, 4) is 28.1 Å². The molecular weight excluding hydrogens is 666 g/mol. The molecule has 49 heavy (non-hydrogen) atoms. The van der Waals surface area contributed by atoms with Gasteiger partial charge >= 0.3 is 0 Å². The summed E-state index contributed by atoms with van der Waals surface area (Å²) in [6, 6.07) is 18.6. The van der Waals surface area contributed by atoms with Crippen LogP contribution in [0.15, 0.2) is 66.9 Å². The zero-order valence-corrected chi connectivity index (χ0v) is 28.6. The van der Waals surface area contributed by atoms with Crippen molar-refractivity contribution in [2.24, 2.45) is 5.41 Å². The summed E-state index contributed by atoms with van der Waals surface area (Å²) in [6.07, 6.45) is 3.62. The molecule has 7 rings (SSSR count). The molecule has 0 bridgehead atoms. The molecule has 254 valence electrons. The number of hydrogen-bond acceptors (Lipinski definition) is 7. The average Bonchev–Trinajstić information content (AvgIpc) is 3.69. The Bertz CT molecular complexity index is 1920. The van der Waals surface area contributed by atoms with Crippen molar-refractivity contribution in [3.63, 3.8) is 0 Å². The number of carbonyl (C=O) groups excluding carboxylic acids is 2. The van der Waals surface area contributed by atoms with E-state index in [0.29, 0.717) is 88.6 Å². The number of nitrogens with zero attached hydrogens (tertiary/aromatic N) is 2. The highest BCUT2D eigenvalue weighted by atomic mass is 35.5. The van der Waals surface area contributed by atoms with Crippen molar-refractivity contribution in [1.82, 2.24) is 25.8 Å². The van der Waals surface area contributed by atoms with E-state index in [-0.39, 0.29) is 29.1 Å². The van der Waals surface area contributed by atoms with Crippen molar-refractivity contribution < 1.29 is 18.7 Å². The largest absolute Gasteiger partial charge is 0.496 e. The molecule has 3 aromatic carbocycles. The van der Waals surface area contributed by atoms with Crippen LogP contribution in [0.25, 0.3) is 22.4 Å². The topological polar surface area (TPSA) is 108 Å². The highest BCUT2D eigenvalue weighted by molar-refractivity contribution is 6.39. The molecule has 1 atom stereocenters. The summed E-state index contributed by atoms with van der Waals surface area (Å²) >= 11 is 14.0. The quantitative estimate of drug-likeness (QED) is 0.145. The minimum Gasteiger partial charge on any atom is -0.496 e. The number of aromatic nitrogens is 1. The van der Waals surface area contributed by atoms with Crippen molar-refractivity contribution >= 4 is 46.4 Å². The van der Waals surface area contributed by atoms with E-state index in [1.807, 2.05) is 42.5 Å². The Morgan fingerprint density at radius 1 is 1.00 bits per heavy atom. The third kappa shape index (κ3) is 6.96. The van der Waals surface area contributed by atoms with Gasteiger partial charge in [-0.05, 0) is 30.7 Å². The summed E-state index contributed by atoms with van der Waals surface area (Å²) in [7, 11) is 1.62. The minimum atomic E-state index is -0.340.